The second-order valence-electron chi connectivity index (χ2n) is 6.65. The van der Waals surface area contributed by atoms with E-state index in [9.17, 15) is 4.79 Å². The first-order valence-corrected chi connectivity index (χ1v) is 10.2. The van der Waals surface area contributed by atoms with Crippen molar-refractivity contribution < 1.29 is 4.42 Å². The second kappa shape index (κ2) is 7.96. The third-order valence-electron chi connectivity index (χ3n) is 4.65. The zero-order valence-electron chi connectivity index (χ0n) is 15.8. The number of rotatable bonds is 5. The van der Waals surface area contributed by atoms with Gasteiger partial charge in [-0.1, -0.05) is 48.5 Å². The van der Waals surface area contributed by atoms with E-state index in [0.29, 0.717) is 28.0 Å². The molecule has 5 aromatic rings. The van der Waals surface area contributed by atoms with Gasteiger partial charge in [0.15, 0.2) is 11.0 Å². The van der Waals surface area contributed by atoms with E-state index in [1.54, 1.807) is 18.5 Å². The smallest absolute Gasteiger partial charge is 0.350 e. The van der Waals surface area contributed by atoms with Gasteiger partial charge in [-0.2, -0.15) is 0 Å². The summed E-state index contributed by atoms with van der Waals surface area (Å²) in [4.78, 5) is 17.1. The predicted octanol–water partition coefficient (Wildman–Crippen LogP) is 4.65. The van der Waals surface area contributed by atoms with Crippen LogP contribution >= 0.6 is 11.8 Å². The highest BCUT2D eigenvalue weighted by molar-refractivity contribution is 7.99. The minimum absolute atomic E-state index is 0.390. The molecular formula is C23H16N4O2S. The van der Waals surface area contributed by atoms with Crippen LogP contribution in [0.2, 0.25) is 0 Å². The van der Waals surface area contributed by atoms with Gasteiger partial charge < -0.3 is 4.42 Å². The number of nitrogens with zero attached hydrogens (tertiary/aromatic N) is 4. The Hall–Kier alpha value is -3.71. The Kier molecular flexibility index (Phi) is 4.86. The maximum Gasteiger partial charge on any atom is 0.350 e. The zero-order chi connectivity index (χ0) is 20.3. The van der Waals surface area contributed by atoms with Crippen LogP contribution in [0.25, 0.3) is 22.4 Å². The molecule has 0 unspecified atom stereocenters. The maximum absolute atomic E-state index is 12.5. The van der Waals surface area contributed by atoms with Crippen LogP contribution in [0.1, 0.15) is 5.56 Å². The van der Waals surface area contributed by atoms with Crippen LogP contribution in [0.15, 0.2) is 104 Å². The molecule has 0 radical (unpaired) electrons. The standard InChI is InChI=1S/C23H16N4O2S/c28-22-20(14-18-8-4-5-9-19(18)29-22)30-23-26-25-21(17-10-12-24-13-11-17)27(23)15-16-6-2-1-3-7-16/h1-14H,15H2. The molecule has 0 aliphatic heterocycles. The highest BCUT2D eigenvalue weighted by Crippen LogP contribution is 2.30. The van der Waals surface area contributed by atoms with Gasteiger partial charge in [0.1, 0.15) is 10.5 Å². The topological polar surface area (TPSA) is 73.8 Å². The molecular weight excluding hydrogens is 396 g/mol. The lowest BCUT2D eigenvalue weighted by Crippen LogP contribution is -2.06. The summed E-state index contributed by atoms with van der Waals surface area (Å²) in [6.07, 6.45) is 3.45. The minimum atomic E-state index is -0.390. The highest BCUT2D eigenvalue weighted by atomic mass is 32.2. The summed E-state index contributed by atoms with van der Waals surface area (Å²) in [6.45, 7) is 0.576. The van der Waals surface area contributed by atoms with E-state index in [1.807, 2.05) is 59.2 Å². The summed E-state index contributed by atoms with van der Waals surface area (Å²) in [5.74, 6) is 0.717. The van der Waals surface area contributed by atoms with Crippen LogP contribution in [0.4, 0.5) is 0 Å². The van der Waals surface area contributed by atoms with Gasteiger partial charge in [0.05, 0.1) is 6.54 Å². The predicted molar refractivity (Wildman–Crippen MR) is 115 cm³/mol. The van der Waals surface area contributed by atoms with Gasteiger partial charge >= 0.3 is 5.63 Å². The molecule has 0 amide bonds. The molecule has 7 heteroatoms. The van der Waals surface area contributed by atoms with Gasteiger partial charge in [-0.15, -0.1) is 10.2 Å². The maximum atomic E-state index is 12.5. The lowest BCUT2D eigenvalue weighted by molar-refractivity contribution is 0.543. The van der Waals surface area contributed by atoms with Crippen LogP contribution in [-0.2, 0) is 6.54 Å². The lowest BCUT2D eigenvalue weighted by Gasteiger charge is -2.10. The van der Waals surface area contributed by atoms with Gasteiger partial charge in [0.2, 0.25) is 0 Å². The van der Waals surface area contributed by atoms with Crippen LogP contribution < -0.4 is 5.63 Å². The molecule has 2 aromatic carbocycles. The largest absolute Gasteiger partial charge is 0.422 e. The molecule has 6 nitrogen and oxygen atoms in total. The summed E-state index contributed by atoms with van der Waals surface area (Å²) in [6, 6.07) is 23.1. The molecule has 0 fully saturated rings. The number of aromatic nitrogens is 4. The quantitative estimate of drug-likeness (QED) is 0.391. The Morgan fingerprint density at radius 2 is 1.67 bits per heavy atom. The minimum Gasteiger partial charge on any atom is -0.422 e. The van der Waals surface area contributed by atoms with Crippen LogP contribution in [0.5, 0.6) is 0 Å². The summed E-state index contributed by atoms with van der Waals surface area (Å²) < 4.78 is 7.48. The van der Waals surface area contributed by atoms with E-state index in [0.717, 1.165) is 16.5 Å². The van der Waals surface area contributed by atoms with E-state index >= 15 is 0 Å². The van der Waals surface area contributed by atoms with Crippen LogP contribution in [0.3, 0.4) is 0 Å². The van der Waals surface area contributed by atoms with E-state index in [2.05, 4.69) is 27.3 Å². The highest BCUT2D eigenvalue weighted by Gasteiger charge is 2.17. The van der Waals surface area contributed by atoms with Crippen molar-refractivity contribution in [3.8, 4) is 11.4 Å². The summed E-state index contributed by atoms with van der Waals surface area (Å²) in [5, 5.41) is 10.3. The first kappa shape index (κ1) is 18.3. The number of hydrogen-bond acceptors (Lipinski definition) is 6. The average Bonchev–Trinajstić information content (AvgIpc) is 3.17. The monoisotopic (exact) mass is 412 g/mol. The van der Waals surface area contributed by atoms with E-state index in [-0.39, 0.29) is 0 Å². The normalized spacial score (nSPS) is 11.1. The number of pyridine rings is 1. The Balaban J connectivity index is 1.59. The fourth-order valence-corrected chi connectivity index (χ4v) is 4.05. The molecule has 5 rings (SSSR count). The third kappa shape index (κ3) is 3.62. The van der Waals surface area contributed by atoms with Crippen LogP contribution in [0, 0.1) is 0 Å². The first-order chi connectivity index (χ1) is 14.8. The van der Waals surface area contributed by atoms with Crippen molar-refractivity contribution in [2.45, 2.75) is 16.6 Å². The molecule has 0 spiro atoms. The van der Waals surface area contributed by atoms with Gasteiger partial charge in [-0.3, -0.25) is 9.55 Å². The Morgan fingerprint density at radius 1 is 0.900 bits per heavy atom. The van der Waals surface area contributed by atoms with E-state index < -0.39 is 5.63 Å². The zero-order valence-corrected chi connectivity index (χ0v) is 16.6. The molecule has 0 N–H and O–H groups in total. The fraction of sp³-hybridized carbons (Fsp3) is 0.0435. The molecule has 30 heavy (non-hydrogen) atoms. The Bertz CT molecular complexity index is 1360. The number of para-hydroxylation sites is 1. The van der Waals surface area contributed by atoms with Crippen molar-refractivity contribution in [1.29, 1.82) is 0 Å². The Morgan fingerprint density at radius 3 is 2.50 bits per heavy atom. The summed E-state index contributed by atoms with van der Waals surface area (Å²) >= 11 is 1.26. The summed E-state index contributed by atoms with van der Waals surface area (Å²) in [7, 11) is 0. The second-order valence-corrected chi connectivity index (χ2v) is 7.66. The first-order valence-electron chi connectivity index (χ1n) is 9.36. The Labute approximate surface area is 176 Å². The summed E-state index contributed by atoms with van der Waals surface area (Å²) in [5.41, 5.74) is 2.19. The molecule has 0 saturated carbocycles. The van der Waals surface area contributed by atoms with E-state index in [1.165, 1.54) is 11.8 Å². The number of benzene rings is 2. The van der Waals surface area contributed by atoms with Crippen molar-refractivity contribution >= 4 is 22.7 Å². The number of hydrogen-bond donors (Lipinski definition) is 0. The molecule has 0 aliphatic rings. The third-order valence-corrected chi connectivity index (χ3v) is 5.64. The molecule has 3 heterocycles. The molecule has 0 aliphatic carbocycles. The average molecular weight is 412 g/mol. The van der Waals surface area contributed by atoms with Gasteiger partial charge in [0.25, 0.3) is 0 Å². The van der Waals surface area contributed by atoms with Crippen molar-refractivity contribution in [2.75, 3.05) is 0 Å². The molecule has 146 valence electrons. The van der Waals surface area contributed by atoms with Gasteiger partial charge in [-0.05, 0) is 41.6 Å². The van der Waals surface area contributed by atoms with E-state index in [4.69, 9.17) is 4.42 Å². The van der Waals surface area contributed by atoms with Crippen molar-refractivity contribution in [2.24, 2.45) is 0 Å². The van der Waals surface area contributed by atoms with Crippen molar-refractivity contribution in [3.63, 3.8) is 0 Å². The molecule has 3 aromatic heterocycles. The van der Waals surface area contributed by atoms with Gasteiger partial charge in [0, 0.05) is 23.3 Å². The van der Waals surface area contributed by atoms with Crippen LogP contribution in [-0.4, -0.2) is 19.7 Å². The molecule has 0 saturated heterocycles. The van der Waals surface area contributed by atoms with Crippen molar-refractivity contribution in [1.82, 2.24) is 19.7 Å². The molecule has 0 bridgehead atoms. The molecule has 0 atom stereocenters. The fourth-order valence-electron chi connectivity index (χ4n) is 3.20. The van der Waals surface area contributed by atoms with Gasteiger partial charge in [-0.25, -0.2) is 4.79 Å². The lowest BCUT2D eigenvalue weighted by atomic mass is 10.2. The number of fused-ring (bicyclic) bond motifs is 1. The van der Waals surface area contributed by atoms with Crippen molar-refractivity contribution in [3.05, 3.63) is 101 Å². The SMILES string of the molecule is O=c1oc2ccccc2cc1Sc1nnc(-c2ccncc2)n1Cc1ccccc1.